The normalized spacial score (nSPS) is 29.4. The molecule has 18 heavy (non-hydrogen) atoms. The Bertz CT molecular complexity index is 288. The Kier molecular flexibility index (Phi) is 4.71. The second kappa shape index (κ2) is 6.09. The van der Waals surface area contributed by atoms with Crippen molar-refractivity contribution in [2.24, 2.45) is 5.92 Å². The van der Waals surface area contributed by atoms with Crippen molar-refractivity contribution >= 4 is 0 Å². The summed E-state index contributed by atoms with van der Waals surface area (Å²) in [4.78, 5) is 0. The predicted octanol–water partition coefficient (Wildman–Crippen LogP) is 4.20. The lowest BCUT2D eigenvalue weighted by Crippen LogP contribution is -2.37. The highest BCUT2D eigenvalue weighted by Crippen LogP contribution is 2.37. The first kappa shape index (κ1) is 13.9. The SMILES string of the molecule is FC(F)(F)C1CCC(NCCC2=CCCC2)CC1. The van der Waals surface area contributed by atoms with Gasteiger partial charge in [0.05, 0.1) is 5.92 Å². The summed E-state index contributed by atoms with van der Waals surface area (Å²) in [5, 5.41) is 3.41. The summed E-state index contributed by atoms with van der Waals surface area (Å²) in [5.74, 6) is -1.06. The molecule has 0 atom stereocenters. The van der Waals surface area contributed by atoms with E-state index in [1.54, 1.807) is 0 Å². The molecule has 0 heterocycles. The van der Waals surface area contributed by atoms with Gasteiger partial charge in [-0.2, -0.15) is 13.2 Å². The number of allylic oxidation sites excluding steroid dienone is 1. The third-order valence-electron chi connectivity index (χ3n) is 4.20. The minimum absolute atomic E-state index is 0.295. The van der Waals surface area contributed by atoms with E-state index in [0.29, 0.717) is 31.7 Å². The van der Waals surface area contributed by atoms with E-state index in [9.17, 15) is 13.2 Å². The molecule has 1 nitrogen and oxygen atoms in total. The molecule has 0 bridgehead atoms. The van der Waals surface area contributed by atoms with Gasteiger partial charge in [-0.3, -0.25) is 0 Å². The molecule has 0 saturated heterocycles. The summed E-state index contributed by atoms with van der Waals surface area (Å²) in [6, 6.07) is 0.297. The maximum absolute atomic E-state index is 12.5. The Morgan fingerprint density at radius 3 is 2.44 bits per heavy atom. The van der Waals surface area contributed by atoms with Gasteiger partial charge in [0.1, 0.15) is 0 Å². The molecule has 2 aliphatic rings. The molecular formula is C14H22F3N. The zero-order valence-corrected chi connectivity index (χ0v) is 10.7. The molecule has 1 fully saturated rings. The van der Waals surface area contributed by atoms with Crippen LogP contribution in [0.2, 0.25) is 0 Å². The van der Waals surface area contributed by atoms with Crippen LogP contribution in [0.4, 0.5) is 13.2 Å². The van der Waals surface area contributed by atoms with Crippen LogP contribution < -0.4 is 5.32 Å². The quantitative estimate of drug-likeness (QED) is 0.748. The second-order valence-electron chi connectivity index (χ2n) is 5.55. The van der Waals surface area contributed by atoms with Crippen molar-refractivity contribution < 1.29 is 13.2 Å². The Balaban J connectivity index is 1.61. The molecule has 1 saturated carbocycles. The van der Waals surface area contributed by atoms with E-state index in [0.717, 1.165) is 13.0 Å². The fraction of sp³-hybridized carbons (Fsp3) is 0.857. The van der Waals surface area contributed by atoms with E-state index in [1.165, 1.54) is 24.8 Å². The highest BCUT2D eigenvalue weighted by atomic mass is 19.4. The van der Waals surface area contributed by atoms with Gasteiger partial charge in [-0.15, -0.1) is 0 Å². The summed E-state index contributed by atoms with van der Waals surface area (Å²) >= 11 is 0. The Labute approximate surface area is 107 Å². The topological polar surface area (TPSA) is 12.0 Å². The van der Waals surface area contributed by atoms with Crippen molar-refractivity contribution in [3.63, 3.8) is 0 Å². The van der Waals surface area contributed by atoms with E-state index >= 15 is 0 Å². The first-order chi connectivity index (χ1) is 8.55. The van der Waals surface area contributed by atoms with Crippen molar-refractivity contribution in [1.29, 1.82) is 0 Å². The lowest BCUT2D eigenvalue weighted by molar-refractivity contribution is -0.182. The minimum atomic E-state index is -3.99. The van der Waals surface area contributed by atoms with Gasteiger partial charge in [0.25, 0.3) is 0 Å². The van der Waals surface area contributed by atoms with Crippen molar-refractivity contribution in [3.05, 3.63) is 11.6 Å². The molecule has 0 aromatic carbocycles. The molecule has 1 N–H and O–H groups in total. The van der Waals surface area contributed by atoms with Crippen LogP contribution in [-0.4, -0.2) is 18.8 Å². The highest BCUT2D eigenvalue weighted by Gasteiger charge is 2.41. The molecule has 0 amide bonds. The van der Waals surface area contributed by atoms with Gasteiger partial charge >= 0.3 is 6.18 Å². The van der Waals surface area contributed by atoms with Gasteiger partial charge in [0.2, 0.25) is 0 Å². The number of hydrogen-bond donors (Lipinski definition) is 1. The molecule has 4 heteroatoms. The zero-order valence-electron chi connectivity index (χ0n) is 10.7. The van der Waals surface area contributed by atoms with Crippen LogP contribution in [0, 0.1) is 5.92 Å². The van der Waals surface area contributed by atoms with Crippen molar-refractivity contribution in [2.75, 3.05) is 6.54 Å². The maximum Gasteiger partial charge on any atom is 0.391 e. The second-order valence-corrected chi connectivity index (χ2v) is 5.55. The lowest BCUT2D eigenvalue weighted by atomic mass is 9.85. The van der Waals surface area contributed by atoms with E-state index in [1.807, 2.05) is 0 Å². The minimum Gasteiger partial charge on any atom is -0.314 e. The predicted molar refractivity (Wildman–Crippen MR) is 66.4 cm³/mol. The summed E-state index contributed by atoms with van der Waals surface area (Å²) in [6.45, 7) is 0.924. The van der Waals surface area contributed by atoms with Crippen LogP contribution >= 0.6 is 0 Å². The number of alkyl halides is 3. The zero-order chi connectivity index (χ0) is 13.0. The standard InChI is InChI=1S/C14H22F3N/c15-14(16,17)12-5-7-13(8-6-12)18-10-9-11-3-1-2-4-11/h3,12-13,18H,1-2,4-10H2. The molecule has 0 unspecified atom stereocenters. The van der Waals surface area contributed by atoms with Crippen LogP contribution in [0.1, 0.15) is 51.4 Å². The monoisotopic (exact) mass is 261 g/mol. The van der Waals surface area contributed by atoms with Crippen LogP contribution in [-0.2, 0) is 0 Å². The molecule has 2 aliphatic carbocycles. The number of halogens is 3. The smallest absolute Gasteiger partial charge is 0.314 e. The number of rotatable bonds is 4. The first-order valence-corrected chi connectivity index (χ1v) is 7.03. The average molecular weight is 261 g/mol. The summed E-state index contributed by atoms with van der Waals surface area (Å²) in [6.07, 6.45) is 5.00. The van der Waals surface area contributed by atoms with Gasteiger partial charge in [0.15, 0.2) is 0 Å². The van der Waals surface area contributed by atoms with Gasteiger partial charge < -0.3 is 5.32 Å². The van der Waals surface area contributed by atoms with E-state index in [2.05, 4.69) is 11.4 Å². The number of hydrogen-bond acceptors (Lipinski definition) is 1. The van der Waals surface area contributed by atoms with Gasteiger partial charge in [-0.05, 0) is 57.9 Å². The molecule has 0 aromatic heterocycles. The van der Waals surface area contributed by atoms with Crippen LogP contribution in [0.15, 0.2) is 11.6 Å². The van der Waals surface area contributed by atoms with E-state index in [4.69, 9.17) is 0 Å². The van der Waals surface area contributed by atoms with Crippen LogP contribution in [0.3, 0.4) is 0 Å². The molecule has 104 valence electrons. The van der Waals surface area contributed by atoms with Crippen LogP contribution in [0.5, 0.6) is 0 Å². The molecule has 2 rings (SSSR count). The van der Waals surface area contributed by atoms with Crippen molar-refractivity contribution in [1.82, 2.24) is 5.32 Å². The van der Waals surface area contributed by atoms with Crippen LogP contribution in [0.25, 0.3) is 0 Å². The third kappa shape index (κ3) is 4.01. The Morgan fingerprint density at radius 2 is 1.89 bits per heavy atom. The molecule has 0 radical (unpaired) electrons. The highest BCUT2D eigenvalue weighted by molar-refractivity contribution is 5.07. The molecule has 0 spiro atoms. The largest absolute Gasteiger partial charge is 0.391 e. The fourth-order valence-electron chi connectivity index (χ4n) is 3.03. The Morgan fingerprint density at radius 1 is 1.17 bits per heavy atom. The first-order valence-electron chi connectivity index (χ1n) is 7.03. The average Bonchev–Trinajstić information content (AvgIpc) is 2.82. The maximum atomic E-state index is 12.5. The van der Waals surface area contributed by atoms with Crippen molar-refractivity contribution in [3.8, 4) is 0 Å². The Hall–Kier alpha value is -0.510. The fourth-order valence-corrected chi connectivity index (χ4v) is 3.03. The third-order valence-corrected chi connectivity index (χ3v) is 4.20. The van der Waals surface area contributed by atoms with Gasteiger partial charge in [0, 0.05) is 6.04 Å². The van der Waals surface area contributed by atoms with Gasteiger partial charge in [-0.25, -0.2) is 0 Å². The molecule has 0 aliphatic heterocycles. The lowest BCUT2D eigenvalue weighted by Gasteiger charge is -2.30. The summed E-state index contributed by atoms with van der Waals surface area (Å²) in [7, 11) is 0. The van der Waals surface area contributed by atoms with E-state index < -0.39 is 12.1 Å². The summed E-state index contributed by atoms with van der Waals surface area (Å²) < 4.78 is 37.5. The molecule has 0 aromatic rings. The molecular weight excluding hydrogens is 239 g/mol. The van der Waals surface area contributed by atoms with Gasteiger partial charge in [-0.1, -0.05) is 11.6 Å². The summed E-state index contributed by atoms with van der Waals surface area (Å²) in [5.41, 5.74) is 1.52. The van der Waals surface area contributed by atoms with Crippen molar-refractivity contribution in [2.45, 2.75) is 63.6 Å². The number of nitrogens with one attached hydrogen (secondary N) is 1. The van der Waals surface area contributed by atoms with E-state index in [-0.39, 0.29) is 0 Å².